The van der Waals surface area contributed by atoms with E-state index in [1.54, 1.807) is 13.2 Å². The number of benzene rings is 1. The highest BCUT2D eigenvalue weighted by Gasteiger charge is 2.81. The van der Waals surface area contributed by atoms with Gasteiger partial charge in [0.15, 0.2) is 11.5 Å². The molecule has 2 heterocycles. The maximum atomic E-state index is 12.0. The highest BCUT2D eigenvalue weighted by molar-refractivity contribution is 5.63. The highest BCUT2D eigenvalue weighted by atomic mass is 16.6. The van der Waals surface area contributed by atoms with Crippen molar-refractivity contribution in [3.8, 4) is 11.5 Å². The van der Waals surface area contributed by atoms with E-state index in [9.17, 15) is 5.11 Å². The molecule has 7 atom stereocenters. The molecule has 4 fully saturated rings. The lowest BCUT2D eigenvalue weighted by Gasteiger charge is -2.74. The Balaban J connectivity index is 1.64. The van der Waals surface area contributed by atoms with Gasteiger partial charge in [-0.15, -0.1) is 6.58 Å². The number of hydrogen-bond donors (Lipinski definition) is 1. The summed E-state index contributed by atoms with van der Waals surface area (Å²) in [5.74, 6) is 1.72. The van der Waals surface area contributed by atoms with Crippen LogP contribution in [0.25, 0.3) is 0 Å². The van der Waals surface area contributed by atoms with E-state index in [-0.39, 0.29) is 22.9 Å². The number of likely N-dealkylation sites (tertiary alicyclic amines) is 1. The SMILES string of the molecule is C=CC(O)(CCC)C1CC23CCC1(OC)C1Oc4c(OC)ccc5c4C12CCN(C)C3C5. The Morgan fingerprint density at radius 1 is 1.31 bits per heavy atom. The zero-order valence-corrected chi connectivity index (χ0v) is 19.9. The fourth-order valence-corrected chi connectivity index (χ4v) is 9.23. The molecule has 174 valence electrons. The van der Waals surface area contributed by atoms with Gasteiger partial charge in [-0.25, -0.2) is 0 Å². The zero-order valence-electron chi connectivity index (χ0n) is 19.9. The average Bonchev–Trinajstić information content (AvgIpc) is 3.18. The number of methoxy groups -OCH3 is 2. The van der Waals surface area contributed by atoms with Gasteiger partial charge in [-0.2, -0.15) is 0 Å². The molecule has 0 amide bonds. The lowest BCUT2D eigenvalue weighted by molar-refractivity contribution is -0.297. The largest absolute Gasteiger partial charge is 0.493 e. The molecule has 2 spiro atoms. The minimum absolute atomic E-state index is 0.0415. The maximum absolute atomic E-state index is 12.0. The first-order valence-electron chi connectivity index (χ1n) is 12.4. The molecule has 32 heavy (non-hydrogen) atoms. The molecular formula is C27H37NO4. The van der Waals surface area contributed by atoms with Crippen molar-refractivity contribution < 1.29 is 19.3 Å². The fraction of sp³-hybridized carbons (Fsp3) is 0.704. The molecule has 1 aromatic carbocycles. The van der Waals surface area contributed by atoms with E-state index in [2.05, 4.69) is 37.6 Å². The normalized spacial score (nSPS) is 42.7. The van der Waals surface area contributed by atoms with E-state index in [0.29, 0.717) is 12.5 Å². The third-order valence-electron chi connectivity index (χ3n) is 10.4. The standard InChI is InChI=1S/C27H37NO4/c1-6-10-25(29,7-2)19-16-24-11-12-27(19,31-5)23-26(24)13-14-28(3)20(24)15-17-8-9-18(30-4)22(32-23)21(17)26/h7-9,19-20,23,29H,2,6,10-16H2,1,3-5H3. The first-order valence-corrected chi connectivity index (χ1v) is 12.4. The summed E-state index contributed by atoms with van der Waals surface area (Å²) < 4.78 is 19.3. The van der Waals surface area contributed by atoms with E-state index < -0.39 is 11.2 Å². The molecule has 0 radical (unpaired) electrons. The second-order valence-corrected chi connectivity index (χ2v) is 11.1. The molecule has 7 unspecified atom stereocenters. The molecule has 6 aliphatic rings. The molecule has 5 heteroatoms. The van der Waals surface area contributed by atoms with Gasteiger partial charge in [-0.3, -0.25) is 0 Å². The minimum atomic E-state index is -0.963. The van der Waals surface area contributed by atoms with E-state index in [4.69, 9.17) is 14.2 Å². The molecule has 7 rings (SSSR count). The molecule has 4 bridgehead atoms. The Hall–Kier alpha value is -1.56. The Morgan fingerprint density at radius 3 is 2.81 bits per heavy atom. The first kappa shape index (κ1) is 21.0. The van der Waals surface area contributed by atoms with Crippen molar-refractivity contribution in [2.75, 3.05) is 27.8 Å². The molecule has 0 aromatic heterocycles. The van der Waals surface area contributed by atoms with E-state index >= 15 is 0 Å². The third kappa shape index (κ3) is 2.04. The Kier molecular flexibility index (Phi) is 4.28. The molecule has 1 aromatic rings. The van der Waals surface area contributed by atoms with E-state index in [0.717, 1.165) is 56.6 Å². The van der Waals surface area contributed by atoms with Gasteiger partial charge in [0.1, 0.15) is 11.7 Å². The van der Waals surface area contributed by atoms with Crippen LogP contribution in [-0.2, 0) is 16.6 Å². The average molecular weight is 440 g/mol. The van der Waals surface area contributed by atoms with Gasteiger partial charge in [-0.05, 0) is 63.7 Å². The van der Waals surface area contributed by atoms with Gasteiger partial charge in [0.25, 0.3) is 0 Å². The molecular weight excluding hydrogens is 402 g/mol. The topological polar surface area (TPSA) is 51.2 Å². The lowest BCUT2D eigenvalue weighted by atomic mass is 9.33. The van der Waals surface area contributed by atoms with Crippen LogP contribution in [-0.4, -0.2) is 61.2 Å². The number of aliphatic hydroxyl groups is 1. The Labute approximate surface area is 191 Å². The second-order valence-electron chi connectivity index (χ2n) is 11.1. The lowest BCUT2D eigenvalue weighted by Crippen LogP contribution is -2.82. The van der Waals surface area contributed by atoms with Gasteiger partial charge < -0.3 is 24.2 Å². The van der Waals surface area contributed by atoms with Crippen LogP contribution < -0.4 is 9.47 Å². The Bertz CT molecular complexity index is 979. The van der Waals surface area contributed by atoms with Crippen molar-refractivity contribution in [2.45, 2.75) is 80.6 Å². The van der Waals surface area contributed by atoms with Gasteiger partial charge in [0.2, 0.25) is 0 Å². The maximum Gasteiger partial charge on any atom is 0.165 e. The van der Waals surface area contributed by atoms with Gasteiger partial charge in [0, 0.05) is 35.5 Å². The van der Waals surface area contributed by atoms with Gasteiger partial charge >= 0.3 is 0 Å². The summed E-state index contributed by atoms with van der Waals surface area (Å²) in [5.41, 5.74) is 1.27. The minimum Gasteiger partial charge on any atom is -0.493 e. The fourth-order valence-electron chi connectivity index (χ4n) is 9.23. The van der Waals surface area contributed by atoms with E-state index in [1.165, 1.54) is 11.1 Å². The Morgan fingerprint density at radius 2 is 2.12 bits per heavy atom. The van der Waals surface area contributed by atoms with Crippen LogP contribution in [0.1, 0.15) is 56.6 Å². The summed E-state index contributed by atoms with van der Waals surface area (Å²) >= 11 is 0. The monoisotopic (exact) mass is 439 g/mol. The van der Waals surface area contributed by atoms with Gasteiger partial charge in [0.05, 0.1) is 12.7 Å². The third-order valence-corrected chi connectivity index (χ3v) is 10.4. The summed E-state index contributed by atoms with van der Waals surface area (Å²) in [5, 5.41) is 12.0. The molecule has 1 N–H and O–H groups in total. The summed E-state index contributed by atoms with van der Waals surface area (Å²) in [6, 6.07) is 4.79. The van der Waals surface area contributed by atoms with Crippen LogP contribution in [0.2, 0.25) is 0 Å². The van der Waals surface area contributed by atoms with Crippen LogP contribution in [0.4, 0.5) is 0 Å². The zero-order chi connectivity index (χ0) is 22.5. The van der Waals surface area contributed by atoms with Crippen molar-refractivity contribution in [2.24, 2.45) is 11.3 Å². The quantitative estimate of drug-likeness (QED) is 0.683. The van der Waals surface area contributed by atoms with Crippen LogP contribution in [0.3, 0.4) is 0 Å². The predicted octanol–water partition coefficient (Wildman–Crippen LogP) is 3.86. The molecule has 4 aliphatic carbocycles. The van der Waals surface area contributed by atoms with Crippen molar-refractivity contribution >= 4 is 0 Å². The van der Waals surface area contributed by atoms with Gasteiger partial charge in [-0.1, -0.05) is 25.5 Å². The molecule has 3 saturated carbocycles. The number of nitrogens with zero attached hydrogens (tertiary/aromatic N) is 1. The number of likely N-dealkylation sites (N-methyl/N-ethyl adjacent to an activating group) is 1. The van der Waals surface area contributed by atoms with Crippen molar-refractivity contribution in [1.82, 2.24) is 4.90 Å². The number of piperidine rings is 1. The van der Waals surface area contributed by atoms with Crippen LogP contribution in [0.5, 0.6) is 11.5 Å². The smallest absolute Gasteiger partial charge is 0.165 e. The predicted molar refractivity (Wildman–Crippen MR) is 123 cm³/mol. The van der Waals surface area contributed by atoms with Crippen molar-refractivity contribution in [3.05, 3.63) is 35.9 Å². The first-order chi connectivity index (χ1) is 15.4. The highest BCUT2D eigenvalue weighted by Crippen LogP contribution is 2.77. The molecule has 2 aliphatic heterocycles. The number of rotatable bonds is 6. The van der Waals surface area contributed by atoms with Crippen LogP contribution in [0, 0.1) is 11.3 Å². The summed E-state index contributed by atoms with van der Waals surface area (Å²) in [4.78, 5) is 2.59. The number of fused-ring (bicyclic) bond motifs is 2. The summed E-state index contributed by atoms with van der Waals surface area (Å²) in [6.45, 7) is 7.30. The number of hydrogen-bond acceptors (Lipinski definition) is 5. The van der Waals surface area contributed by atoms with Crippen molar-refractivity contribution in [3.63, 3.8) is 0 Å². The summed E-state index contributed by atoms with van der Waals surface area (Å²) in [6.07, 6.45) is 8.37. The number of ether oxygens (including phenoxy) is 3. The van der Waals surface area contributed by atoms with Crippen LogP contribution in [0.15, 0.2) is 24.8 Å². The second kappa shape index (κ2) is 6.52. The van der Waals surface area contributed by atoms with E-state index in [1.807, 2.05) is 7.11 Å². The summed E-state index contributed by atoms with van der Waals surface area (Å²) in [7, 11) is 5.86. The van der Waals surface area contributed by atoms with Crippen LogP contribution >= 0.6 is 0 Å². The molecule has 1 saturated heterocycles. The molecule has 5 nitrogen and oxygen atoms in total. The van der Waals surface area contributed by atoms with Crippen molar-refractivity contribution in [1.29, 1.82) is 0 Å².